The fourth-order valence-electron chi connectivity index (χ4n) is 11.1. The Labute approximate surface area is 624 Å². The number of anilines is 2. The van der Waals surface area contributed by atoms with Crippen LogP contribution < -0.4 is 16.9 Å². The van der Waals surface area contributed by atoms with Crippen molar-refractivity contribution in [1.82, 2.24) is 54.1 Å². The first-order valence-electron chi connectivity index (χ1n) is 33.7. The molecule has 0 unspecified atom stereocenters. The van der Waals surface area contributed by atoms with Crippen molar-refractivity contribution in [3.63, 3.8) is 0 Å². The molecule has 19 nitrogen and oxygen atoms in total. The van der Waals surface area contributed by atoms with Crippen LogP contribution in [0.15, 0.2) is 131 Å². The first-order valence-corrected chi connectivity index (χ1v) is 35.3. The first kappa shape index (κ1) is 79.1. The van der Waals surface area contributed by atoms with Crippen LogP contribution in [0.2, 0.25) is 0 Å². The van der Waals surface area contributed by atoms with Crippen LogP contribution in [0.1, 0.15) is 140 Å². The number of nitrogens with two attached hydrogens (primary N) is 2. The van der Waals surface area contributed by atoms with Gasteiger partial charge in [-0.15, -0.1) is 10.2 Å². The summed E-state index contributed by atoms with van der Waals surface area (Å²) >= 11 is 6.82. The molecule has 0 amide bonds. The van der Waals surface area contributed by atoms with Gasteiger partial charge in [-0.1, -0.05) is 28.1 Å². The van der Waals surface area contributed by atoms with Crippen LogP contribution in [-0.4, -0.2) is 109 Å². The maximum atomic E-state index is 14.3. The largest absolute Gasteiger partial charge is 0.495 e. The standard InChI is InChI=1S/C25H19F3N6.C18H11BrF3N5.C13H20BNO2.C12H24B2O4.C7H8BrN/c1-13-12-30-14(2)10-17(13)22-23(15-6-8-16(26)9-7-15)32-25(29)34-24(22)31-21(33-34)11-18-19(27)4-3-5-20(18)28;19-15-16(9-4-6-10(20)7-5-9)25-18(23)27-17(15)24-14(26-27)8-11-12(21)2-1-3-13(11)22;1-9-8-15-10(2)7-11(9)14-16-12(3,4)13(5,6)17-14;1-9(2)10(3,4)16-13(15-9)14-17-11(5,6)12(7,8)18-14;1-5-4-9-6(2)3-7(5)8/h3-10,12H,11H2,1-2H3,(H2,29,32);1-7H,8H2,(H2,23,25);7-8H,1-6H3;1-8H3;3-4H,1-2H3. The molecule has 0 aliphatic carbocycles. The lowest BCUT2D eigenvalue weighted by Gasteiger charge is -2.32. The summed E-state index contributed by atoms with van der Waals surface area (Å²) in [5.74, 6) is -3.03. The Hall–Kier alpha value is -8.48. The Kier molecular flexibility index (Phi) is 23.2. The van der Waals surface area contributed by atoms with Gasteiger partial charge in [0.25, 0.3) is 0 Å². The smallest absolute Gasteiger partial charge is 0.405 e. The summed E-state index contributed by atoms with van der Waals surface area (Å²) in [6.45, 7) is 36.2. The van der Waals surface area contributed by atoms with Gasteiger partial charge in [0.05, 0.1) is 55.0 Å². The second-order valence-corrected chi connectivity index (χ2v) is 30.5. The van der Waals surface area contributed by atoms with Gasteiger partial charge in [0.2, 0.25) is 11.9 Å². The number of aryl methyl sites for hydroxylation is 6. The number of pyridine rings is 3. The Morgan fingerprint density at radius 3 is 1.22 bits per heavy atom. The Morgan fingerprint density at radius 2 is 0.790 bits per heavy atom. The van der Waals surface area contributed by atoms with Crippen molar-refractivity contribution in [2.24, 2.45) is 0 Å². The molecule has 3 aliphatic heterocycles. The number of rotatable bonds is 9. The number of fused-ring (bicyclic) bond motifs is 2. The van der Waals surface area contributed by atoms with Crippen LogP contribution in [-0.2, 0) is 40.8 Å². The molecule has 0 atom stereocenters. The van der Waals surface area contributed by atoms with Gasteiger partial charge < -0.3 is 39.4 Å². The molecule has 105 heavy (non-hydrogen) atoms. The third kappa shape index (κ3) is 17.3. The minimum atomic E-state index is -0.683. The average Bonchev–Trinajstić information content (AvgIpc) is 1.49. The number of nitrogens with zero attached hydrogens (tertiary/aromatic N) is 11. The van der Waals surface area contributed by atoms with Crippen molar-refractivity contribution in [2.45, 2.75) is 171 Å². The summed E-state index contributed by atoms with van der Waals surface area (Å²) in [6, 6.07) is 24.9. The quantitative estimate of drug-likeness (QED) is 0.101. The minimum absolute atomic E-state index is 0.0364. The molecule has 3 fully saturated rings. The molecule has 11 aromatic rings. The summed E-state index contributed by atoms with van der Waals surface area (Å²) in [6.07, 6.45) is 5.16. The highest BCUT2D eigenvalue weighted by atomic mass is 79.9. The van der Waals surface area contributed by atoms with Crippen LogP contribution in [0.3, 0.4) is 0 Å². The van der Waals surface area contributed by atoms with E-state index in [-0.39, 0.29) is 99.9 Å². The van der Waals surface area contributed by atoms with Gasteiger partial charge in [0.1, 0.15) is 34.9 Å². The number of hydrogen-bond acceptors (Lipinski definition) is 17. The summed E-state index contributed by atoms with van der Waals surface area (Å²) in [5.41, 5.74) is 21.2. The van der Waals surface area contributed by atoms with E-state index in [1.54, 1.807) is 30.5 Å². The zero-order chi connectivity index (χ0) is 76.8. The Bertz CT molecular complexity index is 4910. The summed E-state index contributed by atoms with van der Waals surface area (Å²) in [7, 11) is -1.24. The maximum Gasteiger partial charge on any atom is 0.495 e. The fraction of sp³-hybridized carbons (Fsp3) is 0.347. The molecule has 0 spiro atoms. The lowest BCUT2D eigenvalue weighted by molar-refractivity contribution is 0.00578. The molecular weight excluding hydrogens is 1490 g/mol. The summed E-state index contributed by atoms with van der Waals surface area (Å²) in [4.78, 5) is 30.5. The third-order valence-electron chi connectivity index (χ3n) is 19.3. The zero-order valence-corrected chi connectivity index (χ0v) is 64.9. The van der Waals surface area contributed by atoms with Crippen LogP contribution in [0.5, 0.6) is 0 Å². The Balaban J connectivity index is 0.000000149. The van der Waals surface area contributed by atoms with E-state index < -0.39 is 37.3 Å². The van der Waals surface area contributed by atoms with Gasteiger partial charge in [-0.3, -0.25) is 15.0 Å². The predicted molar refractivity (Wildman–Crippen MR) is 403 cm³/mol. The number of aromatic nitrogens is 11. The Morgan fingerprint density at radius 1 is 0.429 bits per heavy atom. The van der Waals surface area contributed by atoms with E-state index in [1.165, 1.54) is 75.3 Å². The molecule has 7 aromatic heterocycles. The molecular formula is C75H82B3Br2F6N13O6. The van der Waals surface area contributed by atoms with E-state index >= 15 is 0 Å². The van der Waals surface area contributed by atoms with Crippen LogP contribution >= 0.6 is 31.9 Å². The SMILES string of the molecule is CC1(C)OB(B2OC(C)(C)C(C)(C)O2)OC1(C)C.Cc1cc(-c2c(-c3ccc(F)cc3)nc(N)n3nc(Cc4c(F)cccc4F)nc23)c(C)cn1.Cc1cc(B2OC(C)(C)C(C)(C)O2)c(C)cn1.Cc1cc(Br)c(C)cn1.Nc1nc(-c2ccc(F)cc2)c(Br)c2nc(Cc3c(F)cccc3F)nn12. The predicted octanol–water partition coefficient (Wildman–Crippen LogP) is 15.9. The molecule has 3 saturated heterocycles. The minimum Gasteiger partial charge on any atom is -0.405 e. The third-order valence-corrected chi connectivity index (χ3v) is 20.9. The highest BCUT2D eigenvalue weighted by Crippen LogP contribution is 2.44. The van der Waals surface area contributed by atoms with Gasteiger partial charge >= 0.3 is 21.1 Å². The molecule has 4 aromatic carbocycles. The lowest BCUT2D eigenvalue weighted by atomic mass is 9.49. The van der Waals surface area contributed by atoms with Gasteiger partial charge in [0, 0.05) is 75.2 Å². The fourth-order valence-corrected chi connectivity index (χ4v) is 12.1. The molecule has 4 N–H and O–H groups in total. The maximum absolute atomic E-state index is 14.3. The second kappa shape index (κ2) is 30.8. The molecule has 0 bridgehead atoms. The highest BCUT2D eigenvalue weighted by molar-refractivity contribution is 9.11. The lowest BCUT2D eigenvalue weighted by Crippen LogP contribution is -2.41. The van der Waals surface area contributed by atoms with Gasteiger partial charge in [-0.25, -0.2) is 46.3 Å². The van der Waals surface area contributed by atoms with Crippen molar-refractivity contribution in [3.8, 4) is 33.6 Å². The van der Waals surface area contributed by atoms with Crippen molar-refractivity contribution >= 4 is 81.7 Å². The number of benzene rings is 4. The molecule has 30 heteroatoms. The van der Waals surface area contributed by atoms with Crippen molar-refractivity contribution in [1.29, 1.82) is 0 Å². The van der Waals surface area contributed by atoms with E-state index in [1.807, 2.05) is 128 Å². The van der Waals surface area contributed by atoms with Gasteiger partial charge in [-0.05, 0) is 259 Å². The van der Waals surface area contributed by atoms with E-state index in [9.17, 15) is 26.3 Å². The first-order chi connectivity index (χ1) is 49.1. The normalized spacial score (nSPS) is 16.4. The topological polar surface area (TPSA) is 232 Å². The molecule has 3 aliphatic rings. The summed E-state index contributed by atoms with van der Waals surface area (Å²) < 4.78 is 123. The zero-order valence-electron chi connectivity index (χ0n) is 61.7. The van der Waals surface area contributed by atoms with E-state index in [0.717, 1.165) is 43.7 Å². The average molecular weight is 1570 g/mol. The van der Waals surface area contributed by atoms with Crippen LogP contribution in [0, 0.1) is 76.4 Å². The molecule has 548 valence electrons. The molecule has 0 radical (unpaired) electrons. The molecule has 0 saturated carbocycles. The van der Waals surface area contributed by atoms with Crippen molar-refractivity contribution < 1.29 is 54.3 Å². The van der Waals surface area contributed by atoms with Crippen molar-refractivity contribution in [2.75, 3.05) is 11.5 Å². The monoisotopic (exact) mass is 1570 g/mol. The highest BCUT2D eigenvalue weighted by Gasteiger charge is 2.64. The van der Waals surface area contributed by atoms with Crippen LogP contribution in [0.25, 0.3) is 44.9 Å². The van der Waals surface area contributed by atoms with E-state index in [0.29, 0.717) is 43.8 Å². The molecule has 10 heterocycles. The van der Waals surface area contributed by atoms with E-state index in [4.69, 9.17) is 39.4 Å². The number of hydrogen-bond donors (Lipinski definition) is 2. The van der Waals surface area contributed by atoms with Gasteiger partial charge in [-0.2, -0.15) is 9.03 Å². The van der Waals surface area contributed by atoms with Gasteiger partial charge in [0.15, 0.2) is 22.9 Å². The molecule has 14 rings (SSSR count). The van der Waals surface area contributed by atoms with Crippen molar-refractivity contribution in [3.05, 3.63) is 222 Å². The number of halogens is 8. The van der Waals surface area contributed by atoms with Crippen LogP contribution in [0.4, 0.5) is 38.2 Å². The van der Waals surface area contributed by atoms with E-state index in [2.05, 4.69) is 105 Å². The second-order valence-electron chi connectivity index (χ2n) is 28.9. The summed E-state index contributed by atoms with van der Waals surface area (Å²) in [5, 5.41) is 8.58. The number of nitrogen functional groups attached to an aromatic ring is 2.